The Morgan fingerprint density at radius 3 is 2.00 bits per heavy atom. The van der Waals surface area contributed by atoms with Crippen molar-refractivity contribution in [3.63, 3.8) is 0 Å². The SMILES string of the molecule is CC(C)CS[S-].[Zn]. The summed E-state index contributed by atoms with van der Waals surface area (Å²) in [5.74, 6) is 1.86. The van der Waals surface area contributed by atoms with Gasteiger partial charge in [-0.1, -0.05) is 13.8 Å². The molecule has 0 rings (SSSR count). The van der Waals surface area contributed by atoms with Gasteiger partial charge in [0.1, 0.15) is 0 Å². The van der Waals surface area contributed by atoms with Gasteiger partial charge >= 0.3 is 0 Å². The molecule has 0 amide bonds. The molecule has 0 saturated heterocycles. The first-order valence-corrected chi connectivity index (χ1v) is 3.93. The van der Waals surface area contributed by atoms with E-state index in [9.17, 15) is 0 Å². The first-order valence-electron chi connectivity index (χ1n) is 2.02. The zero-order valence-electron chi connectivity index (χ0n) is 4.81. The Balaban J connectivity index is 0. The van der Waals surface area contributed by atoms with E-state index < -0.39 is 0 Å². The second-order valence-electron chi connectivity index (χ2n) is 1.68. The van der Waals surface area contributed by atoms with Gasteiger partial charge in [0.2, 0.25) is 0 Å². The molecule has 0 aliphatic carbocycles. The maximum atomic E-state index is 4.64. The van der Waals surface area contributed by atoms with Gasteiger partial charge in [-0.05, 0) is 11.7 Å². The van der Waals surface area contributed by atoms with Crippen molar-refractivity contribution in [3.8, 4) is 0 Å². The summed E-state index contributed by atoms with van der Waals surface area (Å²) >= 11 is 4.64. The van der Waals surface area contributed by atoms with Crippen LogP contribution in [0.5, 0.6) is 0 Å². The van der Waals surface area contributed by atoms with Crippen molar-refractivity contribution in [2.24, 2.45) is 5.92 Å². The molecule has 0 saturated carbocycles. The Bertz CT molecular complexity index is 30.9. The molecule has 0 N–H and O–H groups in total. The third-order valence-electron chi connectivity index (χ3n) is 0.401. The molecule has 0 unspecified atom stereocenters. The van der Waals surface area contributed by atoms with Crippen LogP contribution in [0, 0.1) is 5.92 Å². The van der Waals surface area contributed by atoms with Crippen LogP contribution in [0.4, 0.5) is 0 Å². The molecule has 0 bridgehead atoms. The Kier molecular flexibility index (Phi) is 11.7. The minimum absolute atomic E-state index is 0. The Hall–Kier alpha value is 1.32. The molecule has 7 heavy (non-hydrogen) atoms. The van der Waals surface area contributed by atoms with Gasteiger partial charge in [0, 0.05) is 19.5 Å². The molecule has 0 aliphatic rings. The number of rotatable bonds is 2. The second-order valence-corrected chi connectivity index (χ2v) is 2.95. The standard InChI is InChI=1S/C4H10S2.Zn/c1-4(2)3-6-5;/h4-5H,3H2,1-2H3;/p-1. The molecule has 0 fully saturated rings. The van der Waals surface area contributed by atoms with E-state index in [1.165, 1.54) is 10.8 Å². The smallest absolute Gasteiger partial charge is 0 e. The molecule has 0 aromatic heterocycles. The summed E-state index contributed by atoms with van der Waals surface area (Å²) in [4.78, 5) is 0. The van der Waals surface area contributed by atoms with E-state index in [1.807, 2.05) is 0 Å². The molecular formula is C4H9S2Zn-. The van der Waals surface area contributed by atoms with E-state index >= 15 is 0 Å². The summed E-state index contributed by atoms with van der Waals surface area (Å²) in [6.45, 7) is 4.33. The number of hydrogen-bond acceptors (Lipinski definition) is 2. The van der Waals surface area contributed by atoms with Crippen LogP contribution in [0.2, 0.25) is 0 Å². The van der Waals surface area contributed by atoms with Gasteiger partial charge in [-0.15, -0.1) is 0 Å². The fourth-order valence-corrected chi connectivity index (χ4v) is 1.22. The molecule has 0 spiro atoms. The molecule has 0 atom stereocenters. The van der Waals surface area contributed by atoms with Crippen molar-refractivity contribution in [3.05, 3.63) is 0 Å². The first-order chi connectivity index (χ1) is 2.77. The van der Waals surface area contributed by atoms with E-state index in [0.717, 1.165) is 11.7 Å². The molecular weight excluding hydrogens is 178 g/mol. The predicted molar refractivity (Wildman–Crippen MR) is 34.7 cm³/mol. The van der Waals surface area contributed by atoms with E-state index in [0.29, 0.717) is 0 Å². The van der Waals surface area contributed by atoms with Gasteiger partial charge in [-0.3, -0.25) is 0 Å². The summed E-state index contributed by atoms with van der Waals surface area (Å²) < 4.78 is 0. The minimum Gasteiger partial charge on any atom is -0.719 e. The largest absolute Gasteiger partial charge is 0.719 e. The predicted octanol–water partition coefficient (Wildman–Crippen LogP) is 1.83. The van der Waals surface area contributed by atoms with E-state index in [1.54, 1.807) is 0 Å². The van der Waals surface area contributed by atoms with Gasteiger partial charge < -0.3 is 22.5 Å². The number of hydrogen-bond donors (Lipinski definition) is 0. The normalized spacial score (nSPS) is 8.57. The Morgan fingerprint density at radius 1 is 1.57 bits per heavy atom. The van der Waals surface area contributed by atoms with Crippen LogP contribution < -0.4 is 0 Å². The third kappa shape index (κ3) is 11.1. The van der Waals surface area contributed by atoms with Gasteiger partial charge in [0.05, 0.1) is 0 Å². The van der Waals surface area contributed by atoms with Crippen molar-refractivity contribution in [2.75, 3.05) is 5.75 Å². The minimum atomic E-state index is 0. The van der Waals surface area contributed by atoms with Crippen LogP contribution in [0.15, 0.2) is 0 Å². The van der Waals surface area contributed by atoms with Crippen LogP contribution >= 0.6 is 10.8 Å². The van der Waals surface area contributed by atoms with Gasteiger partial charge in [-0.25, -0.2) is 0 Å². The monoisotopic (exact) mass is 185 g/mol. The molecule has 0 aromatic carbocycles. The zero-order chi connectivity index (χ0) is 4.99. The Labute approximate surface area is 67.4 Å². The molecule has 0 radical (unpaired) electrons. The Morgan fingerprint density at radius 2 is 2.00 bits per heavy atom. The summed E-state index contributed by atoms with van der Waals surface area (Å²) in [5, 5.41) is 0. The van der Waals surface area contributed by atoms with Crippen LogP contribution in [0.25, 0.3) is 0 Å². The van der Waals surface area contributed by atoms with Crippen molar-refractivity contribution >= 4 is 22.5 Å². The van der Waals surface area contributed by atoms with E-state index in [-0.39, 0.29) is 19.5 Å². The maximum absolute atomic E-state index is 4.64. The van der Waals surface area contributed by atoms with Gasteiger partial charge in [0.15, 0.2) is 0 Å². The van der Waals surface area contributed by atoms with Gasteiger partial charge in [0.25, 0.3) is 0 Å². The topological polar surface area (TPSA) is 0 Å². The van der Waals surface area contributed by atoms with Crippen molar-refractivity contribution in [1.82, 2.24) is 0 Å². The van der Waals surface area contributed by atoms with Crippen LogP contribution in [-0.4, -0.2) is 5.75 Å². The molecule has 3 heteroatoms. The zero-order valence-corrected chi connectivity index (χ0v) is 9.41. The quantitative estimate of drug-likeness (QED) is 0.367. The summed E-state index contributed by atoms with van der Waals surface area (Å²) in [7, 11) is 1.49. The van der Waals surface area contributed by atoms with Gasteiger partial charge in [-0.2, -0.15) is 0 Å². The molecule has 40 valence electrons. The van der Waals surface area contributed by atoms with Crippen molar-refractivity contribution < 1.29 is 19.5 Å². The van der Waals surface area contributed by atoms with Crippen LogP contribution in [0.3, 0.4) is 0 Å². The van der Waals surface area contributed by atoms with Crippen molar-refractivity contribution in [1.29, 1.82) is 0 Å². The van der Waals surface area contributed by atoms with E-state index in [4.69, 9.17) is 0 Å². The maximum Gasteiger partial charge on any atom is 0 e. The van der Waals surface area contributed by atoms with Crippen LogP contribution in [-0.2, 0) is 31.1 Å². The van der Waals surface area contributed by atoms with E-state index in [2.05, 4.69) is 25.5 Å². The molecule has 0 aliphatic heterocycles. The molecule has 0 nitrogen and oxygen atoms in total. The fourth-order valence-electron chi connectivity index (χ4n) is 0.136. The summed E-state index contributed by atoms with van der Waals surface area (Å²) in [5.41, 5.74) is 0. The fraction of sp³-hybridized carbons (Fsp3) is 1.00. The van der Waals surface area contributed by atoms with Crippen LogP contribution in [0.1, 0.15) is 13.8 Å². The molecule has 0 heterocycles. The van der Waals surface area contributed by atoms with Crippen molar-refractivity contribution in [2.45, 2.75) is 13.8 Å². The second kappa shape index (κ2) is 7.32. The summed E-state index contributed by atoms with van der Waals surface area (Å²) in [6.07, 6.45) is 0. The average Bonchev–Trinajstić information content (AvgIpc) is 1.35. The molecule has 0 aromatic rings. The first kappa shape index (κ1) is 11.2. The average molecular weight is 187 g/mol. The summed E-state index contributed by atoms with van der Waals surface area (Å²) in [6, 6.07) is 0. The third-order valence-corrected chi connectivity index (χ3v) is 1.61.